The number of nitrogens with zero attached hydrogens (tertiary/aromatic N) is 2. The molecule has 2 heterocycles. The molecule has 0 bridgehead atoms. The number of nitrogens with one attached hydrogen (secondary N) is 2. The van der Waals surface area contributed by atoms with Crippen molar-refractivity contribution in [1.29, 1.82) is 0 Å². The Morgan fingerprint density at radius 1 is 1.25 bits per heavy atom. The summed E-state index contributed by atoms with van der Waals surface area (Å²) < 4.78 is 65.5. The summed E-state index contributed by atoms with van der Waals surface area (Å²) in [6, 6.07) is 3.37. The van der Waals surface area contributed by atoms with Gasteiger partial charge in [0.05, 0.1) is 29.0 Å². The van der Waals surface area contributed by atoms with E-state index in [9.17, 15) is 22.0 Å². The van der Waals surface area contributed by atoms with Crippen molar-refractivity contribution in [1.82, 2.24) is 15.2 Å². The number of ketones is 1. The highest BCUT2D eigenvalue weighted by atomic mass is 32.2. The third-order valence-corrected chi connectivity index (χ3v) is 5.91. The number of ether oxygens (including phenoxy) is 2. The van der Waals surface area contributed by atoms with E-state index < -0.39 is 38.7 Å². The molecular weight excluding hydrogens is 446 g/mol. The molecule has 0 fully saturated rings. The minimum Gasteiger partial charge on any atom is -0.474 e. The first-order chi connectivity index (χ1) is 15.3. The van der Waals surface area contributed by atoms with Crippen LogP contribution in [0.1, 0.15) is 29.3 Å². The summed E-state index contributed by atoms with van der Waals surface area (Å²) in [7, 11) is -2.29. The minimum atomic E-state index is -3.82. The molecule has 0 saturated heterocycles. The van der Waals surface area contributed by atoms with Crippen LogP contribution in [0.2, 0.25) is 0 Å². The summed E-state index contributed by atoms with van der Waals surface area (Å²) in [5, 5.41) is 7.18. The van der Waals surface area contributed by atoms with Crippen LogP contribution in [0.3, 0.4) is 0 Å². The van der Waals surface area contributed by atoms with E-state index in [4.69, 9.17) is 9.47 Å². The van der Waals surface area contributed by atoms with Crippen LogP contribution in [-0.4, -0.2) is 55.5 Å². The maximum atomic E-state index is 14.8. The molecule has 0 atom stereocenters. The van der Waals surface area contributed by atoms with Gasteiger partial charge in [0.15, 0.2) is 17.2 Å². The third-order valence-electron chi connectivity index (χ3n) is 4.44. The van der Waals surface area contributed by atoms with Gasteiger partial charge < -0.3 is 9.47 Å². The number of Topliss-reactive ketones (excluding diaryl/α,β-unsaturated/α-hetero) is 1. The van der Waals surface area contributed by atoms with Crippen molar-refractivity contribution in [2.45, 2.75) is 19.8 Å². The van der Waals surface area contributed by atoms with Crippen LogP contribution in [0.4, 0.5) is 14.5 Å². The summed E-state index contributed by atoms with van der Waals surface area (Å²) in [5.41, 5.74) is -0.527. The zero-order valence-electron chi connectivity index (χ0n) is 17.4. The molecule has 12 heteroatoms. The summed E-state index contributed by atoms with van der Waals surface area (Å²) in [6.07, 6.45) is 1.32. The molecule has 0 aliphatic rings. The second-order valence-electron chi connectivity index (χ2n) is 6.91. The number of methoxy groups -OCH3 is 1. The number of carbonyl (C=O) groups excluding carboxylic acids is 1. The monoisotopic (exact) mass is 468 g/mol. The molecular formula is C20H22F2N4O5S. The molecule has 0 aliphatic carbocycles. The quantitative estimate of drug-likeness (QED) is 0.328. The van der Waals surface area contributed by atoms with Crippen molar-refractivity contribution in [3.63, 3.8) is 0 Å². The predicted octanol–water partition coefficient (Wildman–Crippen LogP) is 2.84. The Bertz CT molecular complexity index is 1230. The van der Waals surface area contributed by atoms with Crippen LogP contribution < -0.4 is 9.46 Å². The van der Waals surface area contributed by atoms with E-state index in [0.717, 1.165) is 12.1 Å². The highest BCUT2D eigenvalue weighted by Crippen LogP contribution is 2.26. The van der Waals surface area contributed by atoms with E-state index in [2.05, 4.69) is 19.9 Å². The SMILES string of the molecule is CCCS(=O)(=O)Nc1ccc(F)c(C(=O)Cc2cnc3[nH]nc(OCCOC)c3c2)c1F. The van der Waals surface area contributed by atoms with Crippen LogP contribution in [-0.2, 0) is 21.2 Å². The number of sulfonamides is 1. The van der Waals surface area contributed by atoms with Crippen molar-refractivity contribution in [3.05, 3.63) is 47.2 Å². The highest BCUT2D eigenvalue weighted by molar-refractivity contribution is 7.92. The van der Waals surface area contributed by atoms with Gasteiger partial charge in [-0.25, -0.2) is 22.2 Å². The topological polar surface area (TPSA) is 123 Å². The summed E-state index contributed by atoms with van der Waals surface area (Å²) in [4.78, 5) is 16.9. The molecule has 3 rings (SSSR count). The molecule has 0 spiro atoms. The van der Waals surface area contributed by atoms with E-state index in [0.29, 0.717) is 29.6 Å². The number of benzene rings is 1. The third kappa shape index (κ3) is 5.37. The fourth-order valence-corrected chi connectivity index (χ4v) is 4.13. The maximum absolute atomic E-state index is 14.8. The van der Waals surface area contributed by atoms with Gasteiger partial charge in [-0.2, -0.15) is 0 Å². The second kappa shape index (κ2) is 10.0. The van der Waals surface area contributed by atoms with E-state index in [1.165, 1.54) is 13.3 Å². The standard InChI is InChI=1S/C20H22F2N4O5S/c1-3-8-32(28,29)26-15-5-4-14(21)17(18(15)22)16(27)10-12-9-13-19(23-11-12)24-25-20(13)31-7-6-30-2/h4-5,9,11,26H,3,6-8,10H2,1-2H3,(H,23,24,25). The Hall–Kier alpha value is -3.12. The number of carbonyl (C=O) groups is 1. The largest absolute Gasteiger partial charge is 0.474 e. The van der Waals surface area contributed by atoms with Gasteiger partial charge in [0.2, 0.25) is 15.9 Å². The fourth-order valence-electron chi connectivity index (χ4n) is 3.00. The van der Waals surface area contributed by atoms with Crippen LogP contribution in [0.5, 0.6) is 5.88 Å². The molecule has 1 aromatic carbocycles. The Morgan fingerprint density at radius 3 is 2.75 bits per heavy atom. The van der Waals surface area contributed by atoms with Gasteiger partial charge in [-0.05, 0) is 30.2 Å². The number of fused-ring (bicyclic) bond motifs is 1. The van der Waals surface area contributed by atoms with E-state index in [1.807, 2.05) is 0 Å². The van der Waals surface area contributed by atoms with Crippen molar-refractivity contribution in [3.8, 4) is 5.88 Å². The fraction of sp³-hybridized carbons (Fsp3) is 0.350. The highest BCUT2D eigenvalue weighted by Gasteiger charge is 2.23. The number of H-pyrrole nitrogens is 1. The molecule has 172 valence electrons. The maximum Gasteiger partial charge on any atom is 0.242 e. The first-order valence-electron chi connectivity index (χ1n) is 9.72. The predicted molar refractivity (Wildman–Crippen MR) is 113 cm³/mol. The minimum absolute atomic E-state index is 0.238. The molecule has 0 saturated carbocycles. The molecule has 0 amide bonds. The summed E-state index contributed by atoms with van der Waals surface area (Å²) in [5.74, 6) is -3.22. The lowest BCUT2D eigenvalue weighted by Crippen LogP contribution is -2.19. The molecule has 32 heavy (non-hydrogen) atoms. The van der Waals surface area contributed by atoms with Crippen molar-refractivity contribution >= 4 is 32.5 Å². The lowest BCUT2D eigenvalue weighted by molar-refractivity contribution is 0.0985. The van der Waals surface area contributed by atoms with Gasteiger partial charge in [-0.15, -0.1) is 5.10 Å². The van der Waals surface area contributed by atoms with Crippen LogP contribution in [0, 0.1) is 11.6 Å². The normalized spacial score (nSPS) is 11.6. The van der Waals surface area contributed by atoms with Gasteiger partial charge in [0.1, 0.15) is 12.4 Å². The van der Waals surface area contributed by atoms with Crippen LogP contribution in [0.15, 0.2) is 24.4 Å². The van der Waals surface area contributed by atoms with Gasteiger partial charge in [0, 0.05) is 19.7 Å². The average Bonchev–Trinajstić information content (AvgIpc) is 3.13. The van der Waals surface area contributed by atoms with Gasteiger partial charge in [0.25, 0.3) is 0 Å². The smallest absolute Gasteiger partial charge is 0.242 e. The van der Waals surface area contributed by atoms with Crippen molar-refractivity contribution < 1.29 is 31.5 Å². The van der Waals surface area contributed by atoms with Gasteiger partial charge >= 0.3 is 0 Å². The zero-order chi connectivity index (χ0) is 23.3. The van der Waals surface area contributed by atoms with Gasteiger partial charge in [-0.1, -0.05) is 6.92 Å². The molecule has 0 unspecified atom stereocenters. The first kappa shape index (κ1) is 23.5. The number of aromatic nitrogens is 3. The number of hydrogen-bond acceptors (Lipinski definition) is 7. The Balaban J connectivity index is 1.86. The van der Waals surface area contributed by atoms with E-state index >= 15 is 0 Å². The number of hydrogen-bond donors (Lipinski definition) is 2. The van der Waals surface area contributed by atoms with Crippen molar-refractivity contribution in [2.24, 2.45) is 0 Å². The Labute approximate surface area is 183 Å². The van der Waals surface area contributed by atoms with E-state index in [-0.39, 0.29) is 24.7 Å². The lowest BCUT2D eigenvalue weighted by atomic mass is 10.0. The number of aromatic amines is 1. The number of rotatable bonds is 11. The van der Waals surface area contributed by atoms with Gasteiger partial charge in [-0.3, -0.25) is 14.6 Å². The number of pyridine rings is 1. The van der Waals surface area contributed by atoms with Crippen LogP contribution in [0.25, 0.3) is 11.0 Å². The zero-order valence-corrected chi connectivity index (χ0v) is 18.3. The van der Waals surface area contributed by atoms with Crippen molar-refractivity contribution in [2.75, 3.05) is 30.8 Å². The molecule has 2 aromatic heterocycles. The number of halogens is 2. The molecule has 2 N–H and O–H groups in total. The lowest BCUT2D eigenvalue weighted by Gasteiger charge is -2.11. The average molecular weight is 468 g/mol. The molecule has 0 aliphatic heterocycles. The van der Waals surface area contributed by atoms with Crippen LogP contribution >= 0.6 is 0 Å². The summed E-state index contributed by atoms with van der Waals surface area (Å²) >= 11 is 0. The molecule has 0 radical (unpaired) electrons. The Morgan fingerprint density at radius 2 is 2.03 bits per heavy atom. The van der Waals surface area contributed by atoms with E-state index in [1.54, 1.807) is 13.0 Å². The summed E-state index contributed by atoms with van der Waals surface area (Å²) in [6.45, 7) is 2.24. The number of anilines is 1. The first-order valence-corrected chi connectivity index (χ1v) is 11.4. The Kier molecular flexibility index (Phi) is 7.36. The molecule has 3 aromatic rings. The second-order valence-corrected chi connectivity index (χ2v) is 8.76. The molecule has 9 nitrogen and oxygen atoms in total.